The van der Waals surface area contributed by atoms with Crippen molar-refractivity contribution in [2.75, 3.05) is 14.2 Å². The van der Waals surface area contributed by atoms with Gasteiger partial charge in [0, 0.05) is 0 Å². The number of rotatable bonds is 3. The third-order valence-electron chi connectivity index (χ3n) is 2.86. The van der Waals surface area contributed by atoms with Crippen LogP contribution in [0.3, 0.4) is 0 Å². The smallest absolute Gasteiger partial charge is 0.323 e. The van der Waals surface area contributed by atoms with Crippen LogP contribution in [-0.2, 0) is 0 Å². The van der Waals surface area contributed by atoms with Gasteiger partial charge < -0.3 is 14.5 Å². The van der Waals surface area contributed by atoms with E-state index < -0.39 is 18.6 Å². The normalized spacial score (nSPS) is 9.74. The lowest BCUT2D eigenvalue weighted by Gasteiger charge is -2.08. The van der Waals surface area contributed by atoms with Gasteiger partial charge in [0.15, 0.2) is 23.1 Å². The summed E-state index contributed by atoms with van der Waals surface area (Å²) in [6.07, 6.45) is 0. The first-order valence-electron chi connectivity index (χ1n) is 6.51. The van der Waals surface area contributed by atoms with Crippen molar-refractivity contribution in [1.29, 1.82) is 0 Å². The Balaban J connectivity index is 0.000000238. The number of methoxy groups -OCH3 is 2. The van der Waals surface area contributed by atoms with E-state index in [9.17, 15) is 13.8 Å². The SMILES string of the molecule is COc1c(Cl)ccc(B(C)O)c1F.COc1c(F)cccc1Cl. The van der Waals surface area contributed by atoms with E-state index in [1.807, 2.05) is 0 Å². The highest BCUT2D eigenvalue weighted by Gasteiger charge is 2.18. The molecule has 0 heterocycles. The summed E-state index contributed by atoms with van der Waals surface area (Å²) in [5, 5.41) is 9.67. The molecule has 0 amide bonds. The van der Waals surface area contributed by atoms with Gasteiger partial charge in [-0.25, -0.2) is 8.78 Å². The van der Waals surface area contributed by atoms with Crippen molar-refractivity contribution in [3.8, 4) is 11.5 Å². The van der Waals surface area contributed by atoms with Crippen molar-refractivity contribution < 1.29 is 23.3 Å². The summed E-state index contributed by atoms with van der Waals surface area (Å²) in [4.78, 5) is 0. The molecule has 0 aromatic heterocycles. The van der Waals surface area contributed by atoms with Crippen LogP contribution in [-0.4, -0.2) is 26.2 Å². The summed E-state index contributed by atoms with van der Waals surface area (Å²) >= 11 is 11.2. The molecule has 0 bridgehead atoms. The molecule has 0 radical (unpaired) electrons. The van der Waals surface area contributed by atoms with Gasteiger partial charge in [0.25, 0.3) is 0 Å². The zero-order valence-corrected chi connectivity index (χ0v) is 14.3. The molecule has 0 atom stereocenters. The van der Waals surface area contributed by atoms with Crippen LogP contribution in [0, 0.1) is 11.6 Å². The standard InChI is InChI=1S/C8H9BClFO2.C7H6ClFO/c1-9(12)5-3-4-6(10)8(13-2)7(5)11;1-10-7-5(8)3-2-4-6(7)9/h3-4,12H,1-2H3;2-4H,1H3. The zero-order chi connectivity index (χ0) is 17.6. The van der Waals surface area contributed by atoms with Crippen LogP contribution in [0.1, 0.15) is 0 Å². The van der Waals surface area contributed by atoms with Crippen molar-refractivity contribution in [3.63, 3.8) is 0 Å². The maximum atomic E-state index is 13.4. The minimum atomic E-state index is -0.869. The lowest BCUT2D eigenvalue weighted by atomic mass is 9.64. The topological polar surface area (TPSA) is 38.7 Å². The largest absolute Gasteiger partial charge is 0.492 e. The average molecular weight is 363 g/mol. The first kappa shape index (κ1) is 19.6. The van der Waals surface area contributed by atoms with Crippen molar-refractivity contribution in [2.45, 2.75) is 6.82 Å². The molecule has 2 rings (SSSR count). The van der Waals surface area contributed by atoms with Crippen LogP contribution in [0.15, 0.2) is 30.3 Å². The maximum absolute atomic E-state index is 13.4. The highest BCUT2D eigenvalue weighted by atomic mass is 35.5. The van der Waals surface area contributed by atoms with Gasteiger partial charge in [-0.3, -0.25) is 0 Å². The molecule has 8 heteroatoms. The van der Waals surface area contributed by atoms with Crippen molar-refractivity contribution in [3.05, 3.63) is 52.0 Å². The van der Waals surface area contributed by atoms with Crippen LogP contribution < -0.4 is 14.9 Å². The second-order valence-electron chi connectivity index (χ2n) is 4.41. The Kier molecular flexibility index (Phi) is 7.62. The number of ether oxygens (including phenoxy) is 2. The second-order valence-corrected chi connectivity index (χ2v) is 5.23. The molecule has 0 aliphatic heterocycles. The molecule has 0 spiro atoms. The Hall–Kier alpha value is -1.50. The van der Waals surface area contributed by atoms with Crippen LogP contribution in [0.2, 0.25) is 16.9 Å². The molecule has 0 aliphatic carbocycles. The highest BCUT2D eigenvalue weighted by Crippen LogP contribution is 2.26. The molecule has 1 N–H and O–H groups in total. The van der Waals surface area contributed by atoms with Gasteiger partial charge in [-0.05, 0) is 23.7 Å². The van der Waals surface area contributed by atoms with E-state index in [0.29, 0.717) is 5.02 Å². The first-order valence-corrected chi connectivity index (χ1v) is 7.27. The first-order chi connectivity index (χ1) is 10.8. The molecule has 23 heavy (non-hydrogen) atoms. The Morgan fingerprint density at radius 1 is 0.957 bits per heavy atom. The number of halogens is 4. The Morgan fingerprint density at radius 3 is 1.96 bits per heavy atom. The van der Waals surface area contributed by atoms with E-state index in [1.54, 1.807) is 6.07 Å². The minimum Gasteiger partial charge on any atom is -0.492 e. The lowest BCUT2D eigenvalue weighted by Crippen LogP contribution is -2.29. The summed E-state index contributed by atoms with van der Waals surface area (Å²) in [5.74, 6) is -0.968. The Bertz CT molecular complexity index is 649. The quantitative estimate of drug-likeness (QED) is 0.844. The molecular weight excluding hydrogens is 348 g/mol. The summed E-state index contributed by atoms with van der Waals surface area (Å²) in [5.41, 5.74) is 0.182. The van der Waals surface area contributed by atoms with Gasteiger partial charge in [-0.1, -0.05) is 42.2 Å². The molecule has 0 saturated heterocycles. The third-order valence-corrected chi connectivity index (χ3v) is 3.45. The van der Waals surface area contributed by atoms with E-state index >= 15 is 0 Å². The van der Waals surface area contributed by atoms with Crippen LogP contribution in [0.25, 0.3) is 0 Å². The van der Waals surface area contributed by atoms with Crippen LogP contribution in [0.4, 0.5) is 8.78 Å². The predicted molar refractivity (Wildman–Crippen MR) is 89.4 cm³/mol. The number of hydrogen-bond acceptors (Lipinski definition) is 3. The van der Waals surface area contributed by atoms with E-state index in [4.69, 9.17) is 27.9 Å². The molecule has 0 saturated carbocycles. The average Bonchev–Trinajstić information content (AvgIpc) is 2.48. The van der Waals surface area contributed by atoms with Crippen molar-refractivity contribution >= 4 is 35.6 Å². The molecule has 2 aromatic carbocycles. The summed E-state index contributed by atoms with van der Waals surface area (Å²) in [6.45, 7) is 0.609. The predicted octanol–water partition coefficient (Wildman–Crippen LogP) is 3.80. The fourth-order valence-electron chi connectivity index (χ4n) is 1.74. The van der Waals surface area contributed by atoms with Crippen molar-refractivity contribution in [2.24, 2.45) is 0 Å². The summed E-state index contributed by atoms with van der Waals surface area (Å²) in [7, 11) is 2.71. The molecule has 3 nitrogen and oxygen atoms in total. The molecule has 124 valence electrons. The Morgan fingerprint density at radius 2 is 1.52 bits per heavy atom. The second kappa shape index (κ2) is 8.96. The molecule has 2 aromatic rings. The van der Waals surface area contributed by atoms with Crippen molar-refractivity contribution in [1.82, 2.24) is 0 Å². The van der Waals surface area contributed by atoms with Crippen LogP contribution in [0.5, 0.6) is 11.5 Å². The third kappa shape index (κ3) is 4.99. The summed E-state index contributed by atoms with van der Waals surface area (Å²) < 4.78 is 35.5. The molecule has 0 fully saturated rings. The summed E-state index contributed by atoms with van der Waals surface area (Å²) in [6, 6.07) is 7.32. The fourth-order valence-corrected chi connectivity index (χ4v) is 2.20. The zero-order valence-electron chi connectivity index (χ0n) is 12.7. The van der Waals surface area contributed by atoms with E-state index in [1.165, 1.54) is 45.3 Å². The van der Waals surface area contributed by atoms with E-state index in [0.717, 1.165) is 0 Å². The van der Waals surface area contributed by atoms with Gasteiger partial charge in [0.2, 0.25) is 0 Å². The lowest BCUT2D eigenvalue weighted by molar-refractivity contribution is 0.387. The van der Waals surface area contributed by atoms with E-state index in [2.05, 4.69) is 4.74 Å². The molecular formula is C15H15BCl2F2O3. The van der Waals surface area contributed by atoms with Gasteiger partial charge >= 0.3 is 6.92 Å². The van der Waals surface area contributed by atoms with Gasteiger partial charge in [-0.15, -0.1) is 0 Å². The molecule has 0 aliphatic rings. The number of hydrogen-bond donors (Lipinski definition) is 1. The molecule has 0 unspecified atom stereocenters. The number of benzene rings is 2. The Labute approximate surface area is 143 Å². The van der Waals surface area contributed by atoms with Crippen LogP contribution >= 0.6 is 23.2 Å². The van der Waals surface area contributed by atoms with Gasteiger partial charge in [0.05, 0.1) is 24.3 Å². The fraction of sp³-hybridized carbons (Fsp3) is 0.200. The van der Waals surface area contributed by atoms with Gasteiger partial charge in [-0.2, -0.15) is 0 Å². The monoisotopic (exact) mass is 362 g/mol. The van der Waals surface area contributed by atoms with Gasteiger partial charge in [0.1, 0.15) is 0 Å². The number of para-hydroxylation sites is 1. The maximum Gasteiger partial charge on any atom is 0.323 e. The minimum absolute atomic E-state index is 0.0277. The van der Waals surface area contributed by atoms with E-state index in [-0.39, 0.29) is 22.0 Å². The highest BCUT2D eigenvalue weighted by molar-refractivity contribution is 6.65.